The molecule has 0 saturated carbocycles. The van der Waals surface area contributed by atoms with Crippen molar-refractivity contribution in [3.8, 4) is 0 Å². The summed E-state index contributed by atoms with van der Waals surface area (Å²) in [7, 11) is 2.07. The molecule has 1 unspecified atom stereocenters. The maximum atomic E-state index is 11.7. The molecule has 0 aliphatic carbocycles. The molecule has 0 bridgehead atoms. The van der Waals surface area contributed by atoms with Crippen LogP contribution in [0.1, 0.15) is 6.42 Å². The van der Waals surface area contributed by atoms with Crippen LogP contribution >= 0.6 is 0 Å². The molecule has 0 aromatic heterocycles. The Morgan fingerprint density at radius 2 is 2.25 bits per heavy atom. The molecule has 2 aliphatic heterocycles. The summed E-state index contributed by atoms with van der Waals surface area (Å²) in [4.78, 5) is 15.7. The molecule has 2 heterocycles. The Morgan fingerprint density at radius 3 is 3.00 bits per heavy atom. The van der Waals surface area contributed by atoms with Crippen LogP contribution in [0.2, 0.25) is 0 Å². The molecule has 2 saturated heterocycles. The number of amides is 2. The molecular formula is C10H20N4O2. The lowest BCUT2D eigenvalue weighted by molar-refractivity contribution is -0.0343. The minimum atomic E-state index is -0.0805. The van der Waals surface area contributed by atoms with E-state index >= 15 is 0 Å². The molecule has 2 aliphatic rings. The third-order valence-corrected chi connectivity index (χ3v) is 3.11. The van der Waals surface area contributed by atoms with Crippen LogP contribution in [0.4, 0.5) is 4.79 Å². The van der Waals surface area contributed by atoms with E-state index in [1.165, 1.54) is 5.01 Å². The zero-order valence-corrected chi connectivity index (χ0v) is 9.76. The summed E-state index contributed by atoms with van der Waals surface area (Å²) in [5, 5.41) is 1.29. The van der Waals surface area contributed by atoms with E-state index in [0.717, 1.165) is 32.7 Å². The van der Waals surface area contributed by atoms with Crippen molar-refractivity contribution in [1.29, 1.82) is 0 Å². The first-order valence-electron chi connectivity index (χ1n) is 5.78. The van der Waals surface area contributed by atoms with Gasteiger partial charge >= 0.3 is 6.03 Å². The Morgan fingerprint density at radius 1 is 1.44 bits per heavy atom. The quantitative estimate of drug-likeness (QED) is 0.502. The third-order valence-electron chi connectivity index (χ3n) is 3.11. The van der Waals surface area contributed by atoms with Crippen molar-refractivity contribution in [3.63, 3.8) is 0 Å². The van der Waals surface area contributed by atoms with E-state index < -0.39 is 0 Å². The van der Waals surface area contributed by atoms with Crippen molar-refractivity contribution in [3.05, 3.63) is 0 Å². The second-order valence-electron chi connectivity index (χ2n) is 4.53. The molecule has 2 amide bonds. The molecule has 6 heteroatoms. The number of rotatable bonds is 2. The largest absolute Gasteiger partial charge is 0.374 e. The lowest BCUT2D eigenvalue weighted by atomic mass is 10.2. The van der Waals surface area contributed by atoms with Gasteiger partial charge in [-0.1, -0.05) is 0 Å². The Bertz CT molecular complexity index is 261. The van der Waals surface area contributed by atoms with Gasteiger partial charge in [-0.3, -0.25) is 5.01 Å². The van der Waals surface area contributed by atoms with Gasteiger partial charge in [0.25, 0.3) is 0 Å². The highest BCUT2D eigenvalue weighted by Crippen LogP contribution is 2.10. The van der Waals surface area contributed by atoms with Crippen molar-refractivity contribution in [2.75, 3.05) is 46.4 Å². The number of hydrazine groups is 1. The van der Waals surface area contributed by atoms with Crippen LogP contribution < -0.4 is 5.84 Å². The van der Waals surface area contributed by atoms with E-state index in [-0.39, 0.29) is 12.1 Å². The second-order valence-corrected chi connectivity index (χ2v) is 4.53. The molecule has 2 fully saturated rings. The van der Waals surface area contributed by atoms with E-state index in [0.29, 0.717) is 13.1 Å². The second kappa shape index (κ2) is 4.99. The van der Waals surface area contributed by atoms with Crippen LogP contribution in [0.3, 0.4) is 0 Å². The molecule has 2 rings (SSSR count). The highest BCUT2D eigenvalue weighted by atomic mass is 16.5. The highest BCUT2D eigenvalue weighted by Gasteiger charge is 2.27. The predicted molar refractivity (Wildman–Crippen MR) is 59.7 cm³/mol. The summed E-state index contributed by atoms with van der Waals surface area (Å²) >= 11 is 0. The zero-order chi connectivity index (χ0) is 11.5. The number of carbonyl (C=O) groups excluding carboxylic acids is 1. The van der Waals surface area contributed by atoms with Crippen molar-refractivity contribution in [1.82, 2.24) is 14.8 Å². The average Bonchev–Trinajstić information content (AvgIpc) is 2.25. The van der Waals surface area contributed by atoms with Gasteiger partial charge in [0, 0.05) is 32.7 Å². The van der Waals surface area contributed by atoms with Gasteiger partial charge in [0.1, 0.15) is 0 Å². The van der Waals surface area contributed by atoms with E-state index in [2.05, 4.69) is 11.9 Å². The number of hydrogen-bond acceptors (Lipinski definition) is 4. The van der Waals surface area contributed by atoms with Gasteiger partial charge in [-0.15, -0.1) is 0 Å². The van der Waals surface area contributed by atoms with Gasteiger partial charge < -0.3 is 14.5 Å². The molecule has 92 valence electrons. The minimum Gasteiger partial charge on any atom is -0.374 e. The summed E-state index contributed by atoms with van der Waals surface area (Å²) in [5.41, 5.74) is 0. The van der Waals surface area contributed by atoms with Gasteiger partial charge in [0.2, 0.25) is 0 Å². The molecule has 0 aromatic rings. The number of morpholine rings is 1. The summed E-state index contributed by atoms with van der Waals surface area (Å²) in [6.07, 6.45) is 1.05. The van der Waals surface area contributed by atoms with E-state index in [1.807, 2.05) is 0 Å². The number of nitrogens with zero attached hydrogens (tertiary/aromatic N) is 3. The van der Waals surface area contributed by atoms with Crippen molar-refractivity contribution >= 4 is 6.03 Å². The average molecular weight is 228 g/mol. The SMILES string of the molecule is CN1CCOC(CN2CCCN(N)C2=O)C1. The van der Waals surface area contributed by atoms with Crippen molar-refractivity contribution in [2.24, 2.45) is 5.84 Å². The number of ether oxygens (including phenoxy) is 1. The van der Waals surface area contributed by atoms with Gasteiger partial charge in [-0.05, 0) is 13.5 Å². The smallest absolute Gasteiger partial charge is 0.334 e. The number of hydrogen-bond donors (Lipinski definition) is 1. The molecule has 2 N–H and O–H groups in total. The van der Waals surface area contributed by atoms with Crippen LogP contribution in [-0.2, 0) is 4.74 Å². The first kappa shape index (κ1) is 11.6. The Labute approximate surface area is 95.9 Å². The number of urea groups is 1. The van der Waals surface area contributed by atoms with Gasteiger partial charge in [-0.2, -0.15) is 0 Å². The first-order valence-corrected chi connectivity index (χ1v) is 5.78. The number of nitrogens with two attached hydrogens (primary N) is 1. The summed E-state index contributed by atoms with van der Waals surface area (Å²) in [5.74, 6) is 5.59. The lowest BCUT2D eigenvalue weighted by Gasteiger charge is -2.37. The third kappa shape index (κ3) is 2.63. The molecule has 0 spiro atoms. The molecule has 1 atom stereocenters. The van der Waals surface area contributed by atoms with E-state index in [4.69, 9.17) is 10.6 Å². The fourth-order valence-corrected chi connectivity index (χ4v) is 2.20. The van der Waals surface area contributed by atoms with E-state index in [1.54, 1.807) is 4.90 Å². The monoisotopic (exact) mass is 228 g/mol. The standard InChI is InChI=1S/C10H20N4O2/c1-12-5-6-16-9(7-12)8-13-3-2-4-14(11)10(13)15/h9H,2-8,11H2,1H3. The lowest BCUT2D eigenvalue weighted by Crippen LogP contribution is -2.56. The Kier molecular flexibility index (Phi) is 3.63. The fourth-order valence-electron chi connectivity index (χ4n) is 2.20. The van der Waals surface area contributed by atoms with Crippen LogP contribution in [0, 0.1) is 0 Å². The Hall–Kier alpha value is -0.850. The molecule has 6 nitrogen and oxygen atoms in total. The normalized spacial score (nSPS) is 28.6. The van der Waals surface area contributed by atoms with E-state index in [9.17, 15) is 4.79 Å². The molecule has 0 radical (unpaired) electrons. The summed E-state index contributed by atoms with van der Waals surface area (Å²) < 4.78 is 5.64. The van der Waals surface area contributed by atoms with Gasteiger partial charge in [-0.25, -0.2) is 10.6 Å². The van der Waals surface area contributed by atoms with Crippen molar-refractivity contribution in [2.45, 2.75) is 12.5 Å². The molecular weight excluding hydrogens is 208 g/mol. The fraction of sp³-hybridized carbons (Fsp3) is 0.900. The van der Waals surface area contributed by atoms with Crippen LogP contribution in [0.15, 0.2) is 0 Å². The predicted octanol–water partition coefficient (Wildman–Crippen LogP) is -0.682. The minimum absolute atomic E-state index is 0.0805. The summed E-state index contributed by atoms with van der Waals surface area (Å²) in [6, 6.07) is -0.0805. The zero-order valence-electron chi connectivity index (χ0n) is 9.76. The highest BCUT2D eigenvalue weighted by molar-refractivity contribution is 5.74. The van der Waals surface area contributed by atoms with Crippen molar-refractivity contribution < 1.29 is 9.53 Å². The van der Waals surface area contributed by atoms with Crippen LogP contribution in [0.5, 0.6) is 0 Å². The Balaban J connectivity index is 1.86. The summed E-state index contributed by atoms with van der Waals surface area (Å²) in [6.45, 7) is 4.69. The van der Waals surface area contributed by atoms with Gasteiger partial charge in [0.05, 0.1) is 12.7 Å². The maximum absolute atomic E-state index is 11.7. The molecule has 16 heavy (non-hydrogen) atoms. The number of likely N-dealkylation sites (N-methyl/N-ethyl adjacent to an activating group) is 1. The maximum Gasteiger partial charge on any atom is 0.334 e. The van der Waals surface area contributed by atoms with Gasteiger partial charge in [0.15, 0.2) is 0 Å². The first-order chi connectivity index (χ1) is 7.66. The van der Waals surface area contributed by atoms with Crippen LogP contribution in [-0.4, -0.2) is 73.3 Å². The number of carbonyl (C=O) groups is 1. The molecule has 0 aromatic carbocycles. The van der Waals surface area contributed by atoms with Crippen LogP contribution in [0.25, 0.3) is 0 Å². The topological polar surface area (TPSA) is 62.0 Å².